The lowest BCUT2D eigenvalue weighted by Gasteiger charge is -2.14. The van der Waals surface area contributed by atoms with Crippen molar-refractivity contribution in [3.8, 4) is 0 Å². The van der Waals surface area contributed by atoms with Gasteiger partial charge >= 0.3 is 11.9 Å². The van der Waals surface area contributed by atoms with Crippen LogP contribution in [-0.2, 0) is 19.2 Å². The molecule has 0 aromatic carbocycles. The van der Waals surface area contributed by atoms with Gasteiger partial charge in [-0.2, -0.15) is 0 Å². The molecule has 1 unspecified atom stereocenters. The fraction of sp³-hybridized carbons (Fsp3) is 0.826. The molecule has 9 nitrogen and oxygen atoms in total. The highest BCUT2D eigenvalue weighted by molar-refractivity contribution is 5.85. The minimum absolute atomic E-state index is 0.152. The van der Waals surface area contributed by atoms with E-state index in [1.54, 1.807) is 0 Å². The van der Waals surface area contributed by atoms with E-state index < -0.39 is 18.0 Å². The molecule has 0 aromatic rings. The number of likely N-dealkylation sites (N-methyl/N-ethyl adjacent to an activating group) is 1. The smallest absolute Gasteiger partial charge is 0.322 e. The number of aldehydes is 1. The largest absolute Gasteiger partial charge is 0.481 e. The van der Waals surface area contributed by atoms with Gasteiger partial charge in [0.25, 0.3) is 0 Å². The Morgan fingerprint density at radius 1 is 0.844 bits per heavy atom. The summed E-state index contributed by atoms with van der Waals surface area (Å²) in [4.78, 5) is 41.6. The lowest BCUT2D eigenvalue weighted by atomic mass is 10.1. The molecule has 190 valence electrons. The van der Waals surface area contributed by atoms with Gasteiger partial charge in [-0.05, 0) is 19.4 Å². The molecule has 0 bridgehead atoms. The van der Waals surface area contributed by atoms with E-state index >= 15 is 0 Å². The number of aliphatic carboxylic acids is 2. The van der Waals surface area contributed by atoms with Crippen molar-refractivity contribution < 1.29 is 29.4 Å². The van der Waals surface area contributed by atoms with Gasteiger partial charge in [-0.25, -0.2) is 0 Å². The van der Waals surface area contributed by atoms with Crippen LogP contribution >= 0.6 is 0 Å². The predicted molar refractivity (Wildman–Crippen MR) is 128 cm³/mol. The van der Waals surface area contributed by atoms with Crippen LogP contribution < -0.4 is 16.4 Å². The van der Waals surface area contributed by atoms with E-state index in [-0.39, 0.29) is 19.0 Å². The van der Waals surface area contributed by atoms with E-state index in [2.05, 4.69) is 10.6 Å². The molecule has 6 N–H and O–H groups in total. The minimum atomic E-state index is -1.07. The molecular weight excluding hydrogens is 414 g/mol. The average molecular weight is 462 g/mol. The van der Waals surface area contributed by atoms with Gasteiger partial charge in [-0.1, -0.05) is 72.1 Å². The molecule has 0 radical (unpaired) electrons. The molecule has 0 rings (SSSR count). The first-order valence-corrected chi connectivity index (χ1v) is 12.0. The summed E-state index contributed by atoms with van der Waals surface area (Å²) in [7, 11) is 0. The molecule has 32 heavy (non-hydrogen) atoms. The Kier molecular flexibility index (Phi) is 31.4. The number of rotatable bonds is 19. The van der Waals surface area contributed by atoms with Gasteiger partial charge in [-0.15, -0.1) is 0 Å². The van der Waals surface area contributed by atoms with Crippen LogP contribution in [0.3, 0.4) is 0 Å². The van der Waals surface area contributed by atoms with Crippen molar-refractivity contribution in [3.63, 3.8) is 0 Å². The van der Waals surface area contributed by atoms with Gasteiger partial charge in [0.1, 0.15) is 12.8 Å². The zero-order chi connectivity index (χ0) is 25.0. The zero-order valence-electron chi connectivity index (χ0n) is 20.4. The molecular formula is C23H47N3O6. The van der Waals surface area contributed by atoms with Crippen molar-refractivity contribution >= 4 is 24.1 Å². The average Bonchev–Trinajstić information content (AvgIpc) is 2.78. The summed E-state index contributed by atoms with van der Waals surface area (Å²) in [6.07, 6.45) is 13.6. The third-order valence-electron chi connectivity index (χ3n) is 4.38. The van der Waals surface area contributed by atoms with Gasteiger partial charge in [0.2, 0.25) is 5.91 Å². The second-order valence-corrected chi connectivity index (χ2v) is 7.09. The van der Waals surface area contributed by atoms with E-state index in [0.29, 0.717) is 19.4 Å². The summed E-state index contributed by atoms with van der Waals surface area (Å²) in [5.74, 6) is -2.13. The van der Waals surface area contributed by atoms with Gasteiger partial charge in [0, 0.05) is 19.4 Å². The topological polar surface area (TPSA) is 159 Å². The molecule has 0 saturated carbocycles. The number of nitrogens with one attached hydrogen (secondary N) is 2. The minimum Gasteiger partial charge on any atom is -0.481 e. The molecule has 0 fully saturated rings. The van der Waals surface area contributed by atoms with E-state index in [1.807, 2.05) is 20.8 Å². The number of carboxylic acids is 2. The first-order valence-electron chi connectivity index (χ1n) is 12.0. The van der Waals surface area contributed by atoms with Crippen LogP contribution in [0.2, 0.25) is 0 Å². The summed E-state index contributed by atoms with van der Waals surface area (Å²) in [6, 6.07) is -0.510. The predicted octanol–water partition coefficient (Wildman–Crippen LogP) is 3.10. The van der Waals surface area contributed by atoms with Crippen molar-refractivity contribution in [2.75, 3.05) is 19.6 Å². The number of carbonyl (C=O) groups is 4. The van der Waals surface area contributed by atoms with Crippen LogP contribution in [0.25, 0.3) is 0 Å². The summed E-state index contributed by atoms with van der Waals surface area (Å²) in [5, 5.41) is 21.8. The molecule has 0 spiro atoms. The van der Waals surface area contributed by atoms with Crippen LogP contribution in [-0.4, -0.2) is 60.0 Å². The SMILES string of the molecule is CC.CCNC(CN)C(=O)NCC(=O)O.O=CCCCCCCCCCCCCC(=O)O. The second kappa shape index (κ2) is 29.0. The van der Waals surface area contributed by atoms with Gasteiger partial charge in [0.15, 0.2) is 0 Å². The zero-order valence-corrected chi connectivity index (χ0v) is 20.4. The number of hydrogen-bond acceptors (Lipinski definition) is 6. The maximum absolute atomic E-state index is 11.2. The number of hydrogen-bond donors (Lipinski definition) is 5. The normalized spacial score (nSPS) is 10.6. The Morgan fingerprint density at radius 2 is 1.31 bits per heavy atom. The summed E-state index contributed by atoms with van der Waals surface area (Å²) >= 11 is 0. The van der Waals surface area contributed by atoms with Crippen molar-refractivity contribution in [1.82, 2.24) is 10.6 Å². The Labute approximate surface area is 193 Å². The highest BCUT2D eigenvalue weighted by Gasteiger charge is 2.15. The maximum Gasteiger partial charge on any atom is 0.322 e. The number of nitrogens with two attached hydrogens (primary N) is 1. The summed E-state index contributed by atoms with van der Waals surface area (Å²) < 4.78 is 0. The molecule has 0 aromatic heterocycles. The Balaban J connectivity index is -0.000000502. The van der Waals surface area contributed by atoms with Crippen LogP contribution in [0.1, 0.15) is 97.8 Å². The molecule has 0 aliphatic rings. The molecule has 0 aliphatic heterocycles. The first kappa shape index (κ1) is 34.6. The van der Waals surface area contributed by atoms with Crippen LogP contribution in [0.4, 0.5) is 0 Å². The Morgan fingerprint density at radius 3 is 1.69 bits per heavy atom. The molecule has 0 saturated heterocycles. The Bertz CT molecular complexity index is 461. The molecule has 0 aliphatic carbocycles. The fourth-order valence-electron chi connectivity index (χ4n) is 2.73. The quantitative estimate of drug-likeness (QED) is 0.145. The van der Waals surface area contributed by atoms with E-state index in [4.69, 9.17) is 15.9 Å². The van der Waals surface area contributed by atoms with Crippen molar-refractivity contribution in [2.45, 2.75) is 104 Å². The monoisotopic (exact) mass is 461 g/mol. The van der Waals surface area contributed by atoms with Crippen molar-refractivity contribution in [2.24, 2.45) is 5.73 Å². The summed E-state index contributed by atoms with van der Waals surface area (Å²) in [5.41, 5.74) is 5.30. The summed E-state index contributed by atoms with van der Waals surface area (Å²) in [6.45, 7) is 6.23. The van der Waals surface area contributed by atoms with E-state index in [0.717, 1.165) is 25.5 Å². The van der Waals surface area contributed by atoms with Gasteiger partial charge in [0.05, 0.1) is 6.04 Å². The van der Waals surface area contributed by atoms with Gasteiger partial charge < -0.3 is 31.4 Å². The maximum atomic E-state index is 11.2. The van der Waals surface area contributed by atoms with E-state index in [9.17, 15) is 19.2 Å². The molecule has 1 atom stereocenters. The second-order valence-electron chi connectivity index (χ2n) is 7.09. The third-order valence-corrected chi connectivity index (χ3v) is 4.38. The highest BCUT2D eigenvalue weighted by Crippen LogP contribution is 2.11. The first-order chi connectivity index (χ1) is 15.4. The van der Waals surface area contributed by atoms with Crippen LogP contribution in [0.5, 0.6) is 0 Å². The fourth-order valence-corrected chi connectivity index (χ4v) is 2.73. The highest BCUT2D eigenvalue weighted by atomic mass is 16.4. The van der Waals surface area contributed by atoms with E-state index in [1.165, 1.54) is 44.9 Å². The number of amides is 1. The van der Waals surface area contributed by atoms with Gasteiger partial charge in [-0.3, -0.25) is 14.4 Å². The lowest BCUT2D eigenvalue weighted by molar-refractivity contribution is -0.138. The van der Waals surface area contributed by atoms with Crippen LogP contribution in [0, 0.1) is 0 Å². The number of carboxylic acid groups (broad SMARTS) is 2. The third kappa shape index (κ3) is 30.2. The number of carbonyl (C=O) groups excluding carboxylic acids is 2. The Hall–Kier alpha value is -2.00. The van der Waals surface area contributed by atoms with Crippen LogP contribution in [0.15, 0.2) is 0 Å². The molecule has 0 heterocycles. The standard InChI is InChI=1S/C14H26O3.C7H15N3O3.C2H6/c15-13-11-9-7-5-3-1-2-4-6-8-10-12-14(16)17;1-2-9-5(3-8)7(13)10-4-6(11)12;1-2/h13H,1-12H2,(H,16,17);5,9H,2-4,8H2,1H3,(H,10,13)(H,11,12);1-2H3. The van der Waals surface area contributed by atoms with Crippen molar-refractivity contribution in [1.29, 1.82) is 0 Å². The molecule has 9 heteroatoms. The van der Waals surface area contributed by atoms with Crippen molar-refractivity contribution in [3.05, 3.63) is 0 Å². The lowest BCUT2D eigenvalue weighted by Crippen LogP contribution is -2.49. The number of unbranched alkanes of at least 4 members (excludes halogenated alkanes) is 10. The molecule has 1 amide bonds.